The molecule has 0 aromatic heterocycles. The summed E-state index contributed by atoms with van der Waals surface area (Å²) in [6.45, 7) is 15.4. The van der Waals surface area contributed by atoms with Gasteiger partial charge in [0.1, 0.15) is 12.4 Å². The van der Waals surface area contributed by atoms with E-state index in [9.17, 15) is 5.11 Å². The summed E-state index contributed by atoms with van der Waals surface area (Å²) >= 11 is 0. The van der Waals surface area contributed by atoms with Crippen molar-refractivity contribution in [2.45, 2.75) is 59.8 Å². The van der Waals surface area contributed by atoms with Crippen molar-refractivity contribution in [1.29, 1.82) is 0 Å². The van der Waals surface area contributed by atoms with Gasteiger partial charge in [0.15, 0.2) is 0 Å². The number of aliphatic hydroxyl groups is 1. The van der Waals surface area contributed by atoms with E-state index < -0.39 is 0 Å². The van der Waals surface area contributed by atoms with E-state index >= 15 is 0 Å². The molecule has 0 amide bonds. The van der Waals surface area contributed by atoms with Gasteiger partial charge in [0.05, 0.1) is 0 Å². The van der Waals surface area contributed by atoms with Crippen LogP contribution < -0.4 is 4.74 Å². The standard InChI is InChI=1S/C37H51NO2/c1-35(2,27-36(3,4)28-39)24-23-33(29-15-11-9-12-16-29)37(5,6)34(30-17-13-10-14-18-30)31-19-21-32(22-20-31)40-26-25-38(7)8/h9-24,33-34,39H,25-28H2,1-8H3. The molecule has 40 heavy (non-hydrogen) atoms. The number of nitrogens with zero attached hydrogens (tertiary/aromatic N) is 1. The molecule has 0 saturated carbocycles. The molecule has 0 aliphatic carbocycles. The number of hydrogen-bond acceptors (Lipinski definition) is 3. The number of benzene rings is 3. The van der Waals surface area contributed by atoms with Gasteiger partial charge in [0.25, 0.3) is 0 Å². The van der Waals surface area contributed by atoms with Gasteiger partial charge in [-0.25, -0.2) is 0 Å². The zero-order chi connectivity index (χ0) is 29.4. The van der Waals surface area contributed by atoms with Gasteiger partial charge in [0, 0.05) is 25.0 Å². The Morgan fingerprint density at radius 3 is 1.80 bits per heavy atom. The van der Waals surface area contributed by atoms with E-state index in [4.69, 9.17) is 4.74 Å². The molecular weight excluding hydrogens is 490 g/mol. The highest BCUT2D eigenvalue weighted by molar-refractivity contribution is 5.41. The summed E-state index contributed by atoms with van der Waals surface area (Å²) in [6.07, 6.45) is 5.72. The van der Waals surface area contributed by atoms with Gasteiger partial charge in [-0.2, -0.15) is 0 Å². The first-order chi connectivity index (χ1) is 18.8. The van der Waals surface area contributed by atoms with E-state index in [1.54, 1.807) is 0 Å². The van der Waals surface area contributed by atoms with Crippen LogP contribution in [0, 0.1) is 16.2 Å². The topological polar surface area (TPSA) is 32.7 Å². The average molecular weight is 542 g/mol. The van der Waals surface area contributed by atoms with Crippen LogP contribution in [0.3, 0.4) is 0 Å². The minimum absolute atomic E-state index is 0.0525. The van der Waals surface area contributed by atoms with Crippen molar-refractivity contribution >= 4 is 0 Å². The maximum absolute atomic E-state index is 9.92. The number of hydrogen-bond donors (Lipinski definition) is 1. The molecule has 3 nitrogen and oxygen atoms in total. The third kappa shape index (κ3) is 8.81. The van der Waals surface area contributed by atoms with Crippen LogP contribution in [0.5, 0.6) is 5.75 Å². The van der Waals surface area contributed by atoms with Crippen LogP contribution in [-0.2, 0) is 0 Å². The zero-order valence-corrected chi connectivity index (χ0v) is 26.0. The predicted octanol–water partition coefficient (Wildman–Crippen LogP) is 8.56. The molecule has 0 spiro atoms. The first kappa shape index (κ1) is 31.6. The highest BCUT2D eigenvalue weighted by Gasteiger charge is 2.39. The number of aliphatic hydroxyl groups excluding tert-OH is 1. The van der Waals surface area contributed by atoms with E-state index in [0.717, 1.165) is 18.7 Å². The third-order valence-corrected chi connectivity index (χ3v) is 7.96. The Bertz CT molecular complexity index is 1180. The summed E-state index contributed by atoms with van der Waals surface area (Å²) < 4.78 is 6.01. The lowest BCUT2D eigenvalue weighted by atomic mass is 9.62. The molecule has 0 saturated heterocycles. The molecule has 0 radical (unpaired) electrons. The van der Waals surface area contributed by atoms with Crippen LogP contribution in [0.4, 0.5) is 0 Å². The summed E-state index contributed by atoms with van der Waals surface area (Å²) in [4.78, 5) is 2.13. The van der Waals surface area contributed by atoms with Crippen LogP contribution in [0.2, 0.25) is 0 Å². The third-order valence-electron chi connectivity index (χ3n) is 7.96. The Labute approximate surface area is 243 Å². The van der Waals surface area contributed by atoms with Gasteiger partial charge in [-0.3, -0.25) is 0 Å². The summed E-state index contributed by atoms with van der Waals surface area (Å²) in [5, 5.41) is 9.92. The number of rotatable bonds is 14. The molecule has 216 valence electrons. The average Bonchev–Trinajstić information content (AvgIpc) is 2.90. The van der Waals surface area contributed by atoms with Gasteiger partial charge in [-0.05, 0) is 65.6 Å². The highest BCUT2D eigenvalue weighted by atomic mass is 16.5. The van der Waals surface area contributed by atoms with Crippen LogP contribution in [0.1, 0.15) is 76.5 Å². The van der Waals surface area contributed by atoms with E-state index in [-0.39, 0.29) is 34.7 Å². The molecule has 0 aliphatic rings. The summed E-state index contributed by atoms with van der Waals surface area (Å²) in [6, 6.07) is 30.5. The van der Waals surface area contributed by atoms with Gasteiger partial charge >= 0.3 is 0 Å². The molecule has 1 N–H and O–H groups in total. The first-order valence-corrected chi connectivity index (χ1v) is 14.6. The Morgan fingerprint density at radius 2 is 1.27 bits per heavy atom. The van der Waals surface area contributed by atoms with Gasteiger partial charge < -0.3 is 14.7 Å². The fourth-order valence-corrected chi connectivity index (χ4v) is 6.13. The quantitative estimate of drug-likeness (QED) is 0.208. The van der Waals surface area contributed by atoms with Crippen molar-refractivity contribution in [3.8, 4) is 5.75 Å². The molecule has 0 fully saturated rings. The minimum Gasteiger partial charge on any atom is -0.492 e. The molecule has 0 aliphatic heterocycles. The zero-order valence-electron chi connectivity index (χ0n) is 26.0. The molecule has 2 atom stereocenters. The normalized spacial score (nSPS) is 14.4. The molecule has 3 rings (SSSR count). The maximum Gasteiger partial charge on any atom is 0.119 e. The lowest BCUT2D eigenvalue weighted by Gasteiger charge is -2.42. The second-order valence-corrected chi connectivity index (χ2v) is 13.6. The van der Waals surface area contributed by atoms with Gasteiger partial charge in [-0.15, -0.1) is 0 Å². The monoisotopic (exact) mass is 541 g/mol. The van der Waals surface area contributed by atoms with E-state index in [1.165, 1.54) is 16.7 Å². The lowest BCUT2D eigenvalue weighted by Crippen LogP contribution is -2.30. The van der Waals surface area contributed by atoms with Crippen molar-refractivity contribution in [2.24, 2.45) is 16.2 Å². The highest BCUT2D eigenvalue weighted by Crippen LogP contribution is 2.51. The lowest BCUT2D eigenvalue weighted by molar-refractivity contribution is 0.119. The van der Waals surface area contributed by atoms with E-state index in [0.29, 0.717) is 6.61 Å². The van der Waals surface area contributed by atoms with E-state index in [2.05, 4.69) is 158 Å². The minimum atomic E-state index is -0.158. The fourth-order valence-electron chi connectivity index (χ4n) is 6.13. The Kier molecular flexibility index (Phi) is 10.8. The van der Waals surface area contributed by atoms with E-state index in [1.807, 2.05) is 0 Å². The smallest absolute Gasteiger partial charge is 0.119 e. The number of allylic oxidation sites excluding steroid dienone is 2. The Balaban J connectivity index is 2.04. The Hall–Kier alpha value is -2.88. The molecule has 2 unspecified atom stereocenters. The van der Waals surface area contributed by atoms with Gasteiger partial charge in [-0.1, -0.05) is 126 Å². The summed E-state index contributed by atoms with van der Waals surface area (Å²) in [5.41, 5.74) is 3.56. The van der Waals surface area contributed by atoms with Crippen LogP contribution in [0.15, 0.2) is 97.1 Å². The molecule has 3 aromatic rings. The van der Waals surface area contributed by atoms with Crippen molar-refractivity contribution in [1.82, 2.24) is 4.90 Å². The molecule has 0 bridgehead atoms. The van der Waals surface area contributed by atoms with Crippen LogP contribution in [0.25, 0.3) is 0 Å². The van der Waals surface area contributed by atoms with Crippen LogP contribution >= 0.6 is 0 Å². The van der Waals surface area contributed by atoms with Crippen molar-refractivity contribution < 1.29 is 9.84 Å². The second kappa shape index (κ2) is 13.7. The predicted molar refractivity (Wildman–Crippen MR) is 170 cm³/mol. The number of ether oxygens (including phenoxy) is 1. The van der Waals surface area contributed by atoms with Crippen molar-refractivity contribution in [2.75, 3.05) is 33.9 Å². The molecular formula is C37H51NO2. The molecule has 3 aromatic carbocycles. The Morgan fingerprint density at radius 1 is 0.750 bits per heavy atom. The SMILES string of the molecule is CN(C)CCOc1ccc(C(c2ccccc2)C(C)(C)C(C=CC(C)(C)CC(C)(C)CO)c2ccccc2)cc1. The molecule has 0 heterocycles. The van der Waals surface area contributed by atoms with Crippen molar-refractivity contribution in [3.05, 3.63) is 114 Å². The summed E-state index contributed by atoms with van der Waals surface area (Å²) in [5.74, 6) is 1.24. The fraction of sp³-hybridized carbons (Fsp3) is 0.459. The molecule has 3 heteroatoms. The maximum atomic E-state index is 9.92. The number of likely N-dealkylation sites (N-methyl/N-ethyl adjacent to an activating group) is 1. The summed E-state index contributed by atoms with van der Waals surface area (Å²) in [7, 11) is 4.12. The largest absolute Gasteiger partial charge is 0.492 e. The van der Waals surface area contributed by atoms with Gasteiger partial charge in [0.2, 0.25) is 0 Å². The van der Waals surface area contributed by atoms with Crippen LogP contribution in [-0.4, -0.2) is 43.9 Å². The second-order valence-electron chi connectivity index (χ2n) is 13.6. The van der Waals surface area contributed by atoms with Crippen molar-refractivity contribution in [3.63, 3.8) is 0 Å². The first-order valence-electron chi connectivity index (χ1n) is 14.6.